The van der Waals surface area contributed by atoms with Crippen LogP contribution in [0.4, 0.5) is 0 Å². The van der Waals surface area contributed by atoms with Crippen LogP contribution in [0.1, 0.15) is 29.5 Å². The van der Waals surface area contributed by atoms with Crippen LogP contribution in [-0.2, 0) is 0 Å². The highest BCUT2D eigenvalue weighted by atomic mass is 15.0. The van der Waals surface area contributed by atoms with Gasteiger partial charge in [-0.2, -0.15) is 0 Å². The first kappa shape index (κ1) is 33.8. The summed E-state index contributed by atoms with van der Waals surface area (Å²) < 4.78 is 4.75. The summed E-state index contributed by atoms with van der Waals surface area (Å²) in [6.07, 6.45) is 3.93. The van der Waals surface area contributed by atoms with Gasteiger partial charge in [0.15, 0.2) is 5.84 Å². The van der Waals surface area contributed by atoms with Crippen molar-refractivity contribution in [1.29, 1.82) is 0 Å². The number of allylic oxidation sites excluding steroid dienone is 1. The lowest BCUT2D eigenvalue weighted by atomic mass is 9.98. The number of benzene rings is 8. The van der Waals surface area contributed by atoms with Gasteiger partial charge in [-0.15, -0.1) is 0 Å². The molecule has 2 aromatic heterocycles. The van der Waals surface area contributed by atoms with Gasteiger partial charge in [0.25, 0.3) is 0 Å². The predicted molar refractivity (Wildman–Crippen MR) is 244 cm³/mol. The van der Waals surface area contributed by atoms with Gasteiger partial charge in [-0.1, -0.05) is 146 Å². The van der Waals surface area contributed by atoms with Crippen LogP contribution in [0.2, 0.25) is 0 Å². The Morgan fingerprint density at radius 3 is 1.60 bits per heavy atom. The highest BCUT2D eigenvalue weighted by Gasteiger charge is 2.21. The highest BCUT2D eigenvalue weighted by Crippen LogP contribution is 2.40. The molecule has 4 nitrogen and oxygen atoms in total. The SMILES string of the molecule is C1=C(c2ccccc2)/N=C(c2cccc3c2c2cc(-c4ccc5c(c4)c4ccccc4n5-c4ccccc4)ccc2n3-c2ccccc2)\N=C(\c2ccccc2)CC\1. The van der Waals surface area contributed by atoms with Crippen LogP contribution >= 0.6 is 0 Å². The minimum atomic E-state index is 0.715. The summed E-state index contributed by atoms with van der Waals surface area (Å²) in [5, 5.41) is 4.76. The van der Waals surface area contributed by atoms with E-state index in [1.807, 2.05) is 0 Å². The van der Waals surface area contributed by atoms with Gasteiger partial charge < -0.3 is 9.13 Å². The zero-order valence-corrected chi connectivity index (χ0v) is 31.8. The monoisotopic (exact) mass is 742 g/mol. The van der Waals surface area contributed by atoms with E-state index in [2.05, 4.69) is 215 Å². The summed E-state index contributed by atoms with van der Waals surface area (Å²) >= 11 is 0. The fraction of sp³-hybridized carbons (Fsp3) is 0.0370. The molecule has 1 aliphatic heterocycles. The molecular weight excluding hydrogens is 705 g/mol. The Hall–Kier alpha value is -7.56. The van der Waals surface area contributed by atoms with Crippen LogP contribution in [0.5, 0.6) is 0 Å². The molecule has 0 spiro atoms. The van der Waals surface area contributed by atoms with Gasteiger partial charge >= 0.3 is 0 Å². The van der Waals surface area contributed by atoms with Crippen LogP contribution in [0.15, 0.2) is 216 Å². The van der Waals surface area contributed by atoms with Gasteiger partial charge in [0.05, 0.1) is 33.5 Å². The minimum absolute atomic E-state index is 0.715. The lowest BCUT2D eigenvalue weighted by Gasteiger charge is -2.14. The first-order valence-corrected chi connectivity index (χ1v) is 20.0. The second-order valence-corrected chi connectivity index (χ2v) is 14.9. The zero-order valence-electron chi connectivity index (χ0n) is 31.8. The molecule has 0 saturated heterocycles. The van der Waals surface area contributed by atoms with Crippen molar-refractivity contribution in [3.63, 3.8) is 0 Å². The topological polar surface area (TPSA) is 34.6 Å². The summed E-state index contributed by atoms with van der Waals surface area (Å²) in [4.78, 5) is 10.9. The van der Waals surface area contributed by atoms with E-state index in [1.165, 1.54) is 27.4 Å². The van der Waals surface area contributed by atoms with Crippen molar-refractivity contribution in [3.05, 3.63) is 223 Å². The Balaban J connectivity index is 1.16. The number of rotatable bonds is 6. The average Bonchev–Trinajstić information content (AvgIpc) is 3.80. The number of aliphatic imine (C=N–C) groups is 2. The molecule has 0 saturated carbocycles. The van der Waals surface area contributed by atoms with E-state index in [9.17, 15) is 0 Å². The molecule has 11 rings (SSSR count). The normalized spacial score (nSPS) is 16.0. The molecule has 3 heterocycles. The molecule has 0 amide bonds. The molecule has 0 radical (unpaired) electrons. The Morgan fingerprint density at radius 1 is 0.379 bits per heavy atom. The molecule has 0 fully saturated rings. The summed E-state index contributed by atoms with van der Waals surface area (Å²) in [7, 11) is 0. The summed E-state index contributed by atoms with van der Waals surface area (Å²) in [5.74, 6) is 0.715. The van der Waals surface area contributed by atoms with Gasteiger partial charge in [0, 0.05) is 38.5 Å². The van der Waals surface area contributed by atoms with Crippen molar-refractivity contribution >= 4 is 60.9 Å². The van der Waals surface area contributed by atoms with Crippen LogP contribution in [-0.4, -0.2) is 20.7 Å². The van der Waals surface area contributed by atoms with Crippen LogP contribution < -0.4 is 0 Å². The molecule has 10 aromatic rings. The van der Waals surface area contributed by atoms with Crippen molar-refractivity contribution in [1.82, 2.24) is 9.13 Å². The fourth-order valence-electron chi connectivity index (χ4n) is 8.76. The third kappa shape index (κ3) is 5.77. The van der Waals surface area contributed by atoms with E-state index in [0.717, 1.165) is 79.7 Å². The number of hydrogen-bond acceptors (Lipinski definition) is 2. The zero-order chi connectivity index (χ0) is 38.4. The minimum Gasteiger partial charge on any atom is -0.309 e. The maximum Gasteiger partial charge on any atom is 0.160 e. The van der Waals surface area contributed by atoms with Gasteiger partial charge in [-0.3, -0.25) is 0 Å². The number of aromatic nitrogens is 2. The van der Waals surface area contributed by atoms with Crippen molar-refractivity contribution in [2.75, 3.05) is 0 Å². The fourth-order valence-corrected chi connectivity index (χ4v) is 8.76. The van der Waals surface area contributed by atoms with E-state index >= 15 is 0 Å². The molecule has 1 aliphatic rings. The number of amidine groups is 1. The average molecular weight is 743 g/mol. The Bertz CT molecular complexity index is 3240. The largest absolute Gasteiger partial charge is 0.309 e. The summed E-state index contributed by atoms with van der Waals surface area (Å²) in [5.41, 5.74) is 14.4. The number of hydrogen-bond donors (Lipinski definition) is 0. The van der Waals surface area contributed by atoms with Crippen LogP contribution in [0.3, 0.4) is 0 Å². The van der Waals surface area contributed by atoms with E-state index < -0.39 is 0 Å². The summed E-state index contributed by atoms with van der Waals surface area (Å²) in [6.45, 7) is 0. The van der Waals surface area contributed by atoms with E-state index in [0.29, 0.717) is 5.84 Å². The van der Waals surface area contributed by atoms with E-state index in [-0.39, 0.29) is 0 Å². The standard InChI is InChI=1S/C54H38N4/c1-5-17-37(18-6-1)47-27-16-28-48(38-19-7-2-8-20-38)56-54(55-47)44-26-15-30-52-53(44)46-36-40(32-34-51(46)58(52)42-23-11-4-12-24-42)39-31-33-50-45(35-39)43-25-13-14-29-49(43)57(50)41-21-9-3-10-22-41/h1-15,17-27,29-36H,16,28H2/b47-27-,55-54-,56-48+. The van der Waals surface area contributed by atoms with Gasteiger partial charge in [0.2, 0.25) is 0 Å². The maximum atomic E-state index is 5.48. The molecule has 0 atom stereocenters. The van der Waals surface area contributed by atoms with Crippen molar-refractivity contribution in [3.8, 4) is 22.5 Å². The molecule has 0 bridgehead atoms. The molecule has 0 N–H and O–H groups in total. The second-order valence-electron chi connectivity index (χ2n) is 14.9. The van der Waals surface area contributed by atoms with Gasteiger partial charge in [0.1, 0.15) is 0 Å². The molecule has 274 valence electrons. The quantitative estimate of drug-likeness (QED) is 0.163. The first-order chi connectivity index (χ1) is 28.8. The molecule has 0 unspecified atom stereocenters. The first-order valence-electron chi connectivity index (χ1n) is 20.0. The third-order valence-corrected chi connectivity index (χ3v) is 11.4. The van der Waals surface area contributed by atoms with Gasteiger partial charge in [-0.05, 0) is 95.8 Å². The summed E-state index contributed by atoms with van der Waals surface area (Å²) in [6, 6.07) is 71.5. The molecule has 0 aliphatic carbocycles. The Morgan fingerprint density at radius 2 is 0.914 bits per heavy atom. The Labute approximate surface area is 337 Å². The molecular formula is C54H38N4. The Kier molecular flexibility index (Phi) is 8.25. The second kappa shape index (κ2) is 14.2. The lowest BCUT2D eigenvalue weighted by Crippen LogP contribution is -2.09. The van der Waals surface area contributed by atoms with Crippen LogP contribution in [0, 0.1) is 0 Å². The molecule has 58 heavy (non-hydrogen) atoms. The smallest absolute Gasteiger partial charge is 0.160 e. The van der Waals surface area contributed by atoms with E-state index in [4.69, 9.17) is 9.98 Å². The van der Waals surface area contributed by atoms with Gasteiger partial charge in [-0.25, -0.2) is 9.98 Å². The third-order valence-electron chi connectivity index (χ3n) is 11.4. The molecule has 4 heteroatoms. The van der Waals surface area contributed by atoms with Crippen molar-refractivity contribution in [2.24, 2.45) is 9.98 Å². The van der Waals surface area contributed by atoms with Crippen LogP contribution in [0.25, 0.3) is 71.8 Å². The number of nitrogens with zero attached hydrogens (tertiary/aromatic N) is 4. The lowest BCUT2D eigenvalue weighted by molar-refractivity contribution is 1.08. The van der Waals surface area contributed by atoms with Crippen molar-refractivity contribution in [2.45, 2.75) is 12.8 Å². The predicted octanol–water partition coefficient (Wildman–Crippen LogP) is 13.6. The highest BCUT2D eigenvalue weighted by molar-refractivity contribution is 6.24. The van der Waals surface area contributed by atoms with Crippen molar-refractivity contribution < 1.29 is 0 Å². The maximum absolute atomic E-state index is 5.48. The van der Waals surface area contributed by atoms with E-state index in [1.54, 1.807) is 0 Å². The molecule has 8 aromatic carbocycles. The number of fused-ring (bicyclic) bond motifs is 6. The number of para-hydroxylation sites is 3.